The van der Waals surface area contributed by atoms with E-state index in [9.17, 15) is 4.79 Å². The van der Waals surface area contributed by atoms with Gasteiger partial charge in [0.05, 0.1) is 10.0 Å². The Balaban J connectivity index is 3.25. The molecule has 1 aromatic carbocycles. The summed E-state index contributed by atoms with van der Waals surface area (Å²) in [5, 5.41) is 9.73. The standard InChI is InChI=1S/C10H11Cl2NO2/c1-2-10(13,9(14)15)6-3-4-7(11)8(12)5-6/h3-5H,2,13H2,1H3,(H,14,15). The summed E-state index contributed by atoms with van der Waals surface area (Å²) in [6.45, 7) is 1.70. The number of benzene rings is 1. The highest BCUT2D eigenvalue weighted by Gasteiger charge is 2.34. The summed E-state index contributed by atoms with van der Waals surface area (Å²) < 4.78 is 0. The second kappa shape index (κ2) is 4.39. The maximum absolute atomic E-state index is 11.0. The number of aliphatic carboxylic acids is 1. The first-order valence-corrected chi connectivity index (χ1v) is 5.15. The predicted molar refractivity (Wildman–Crippen MR) is 60.3 cm³/mol. The zero-order valence-electron chi connectivity index (χ0n) is 8.13. The molecule has 0 bridgehead atoms. The molecule has 0 radical (unpaired) electrons. The van der Waals surface area contributed by atoms with Crippen LogP contribution in [0.3, 0.4) is 0 Å². The highest BCUT2D eigenvalue weighted by atomic mass is 35.5. The van der Waals surface area contributed by atoms with E-state index >= 15 is 0 Å². The fraction of sp³-hybridized carbons (Fsp3) is 0.300. The summed E-state index contributed by atoms with van der Waals surface area (Å²) >= 11 is 11.5. The maximum atomic E-state index is 11.0. The number of halogens is 2. The lowest BCUT2D eigenvalue weighted by molar-refractivity contribution is -0.143. The van der Waals surface area contributed by atoms with Gasteiger partial charge in [-0.05, 0) is 24.1 Å². The van der Waals surface area contributed by atoms with E-state index in [4.69, 9.17) is 34.0 Å². The van der Waals surface area contributed by atoms with Crippen LogP contribution in [0, 0.1) is 0 Å². The van der Waals surface area contributed by atoms with Crippen molar-refractivity contribution in [3.8, 4) is 0 Å². The van der Waals surface area contributed by atoms with Crippen LogP contribution < -0.4 is 5.73 Å². The molecule has 82 valence electrons. The third-order valence-corrected chi connectivity index (χ3v) is 3.11. The van der Waals surface area contributed by atoms with Gasteiger partial charge in [-0.2, -0.15) is 0 Å². The SMILES string of the molecule is CCC(N)(C(=O)O)c1ccc(Cl)c(Cl)c1. The van der Waals surface area contributed by atoms with E-state index in [-0.39, 0.29) is 6.42 Å². The molecular formula is C10H11Cl2NO2. The van der Waals surface area contributed by atoms with E-state index in [0.717, 1.165) is 0 Å². The van der Waals surface area contributed by atoms with Crippen molar-refractivity contribution in [2.45, 2.75) is 18.9 Å². The molecule has 0 aliphatic heterocycles. The molecule has 0 amide bonds. The molecule has 5 heteroatoms. The molecule has 1 atom stereocenters. The molecule has 0 spiro atoms. The third-order valence-electron chi connectivity index (χ3n) is 2.37. The van der Waals surface area contributed by atoms with E-state index in [1.807, 2.05) is 0 Å². The average molecular weight is 248 g/mol. The quantitative estimate of drug-likeness (QED) is 0.864. The van der Waals surface area contributed by atoms with Gasteiger partial charge in [-0.3, -0.25) is 0 Å². The number of carboxylic acids is 1. The lowest BCUT2D eigenvalue weighted by Crippen LogP contribution is -2.44. The molecular weight excluding hydrogens is 237 g/mol. The fourth-order valence-corrected chi connectivity index (χ4v) is 1.55. The number of carbonyl (C=O) groups is 1. The summed E-state index contributed by atoms with van der Waals surface area (Å²) in [4.78, 5) is 11.0. The van der Waals surface area contributed by atoms with Gasteiger partial charge >= 0.3 is 5.97 Å². The van der Waals surface area contributed by atoms with Crippen LogP contribution in [0.4, 0.5) is 0 Å². The highest BCUT2D eigenvalue weighted by molar-refractivity contribution is 6.42. The van der Waals surface area contributed by atoms with Crippen LogP contribution in [-0.2, 0) is 10.3 Å². The molecule has 0 saturated carbocycles. The topological polar surface area (TPSA) is 63.3 Å². The summed E-state index contributed by atoms with van der Waals surface area (Å²) in [7, 11) is 0. The fourth-order valence-electron chi connectivity index (χ4n) is 1.25. The van der Waals surface area contributed by atoms with E-state index in [1.54, 1.807) is 19.1 Å². The van der Waals surface area contributed by atoms with Crippen LogP contribution in [0.2, 0.25) is 10.0 Å². The Morgan fingerprint density at radius 2 is 2.07 bits per heavy atom. The Kier molecular flexibility index (Phi) is 3.60. The van der Waals surface area contributed by atoms with Gasteiger partial charge in [-0.1, -0.05) is 36.2 Å². The first-order valence-electron chi connectivity index (χ1n) is 4.39. The number of carboxylic acid groups (broad SMARTS) is 1. The monoisotopic (exact) mass is 247 g/mol. The second-order valence-electron chi connectivity index (χ2n) is 3.26. The van der Waals surface area contributed by atoms with E-state index in [2.05, 4.69) is 0 Å². The molecule has 3 nitrogen and oxygen atoms in total. The van der Waals surface area contributed by atoms with Gasteiger partial charge in [0, 0.05) is 0 Å². The van der Waals surface area contributed by atoms with Gasteiger partial charge in [0.25, 0.3) is 0 Å². The zero-order chi connectivity index (χ0) is 11.6. The minimum atomic E-state index is -1.41. The van der Waals surface area contributed by atoms with E-state index < -0.39 is 11.5 Å². The molecule has 1 aromatic rings. The molecule has 1 unspecified atom stereocenters. The minimum absolute atomic E-state index is 0.278. The Hall–Kier alpha value is -0.770. The van der Waals surface area contributed by atoms with Crippen molar-refractivity contribution in [1.29, 1.82) is 0 Å². The summed E-state index contributed by atoms with van der Waals surface area (Å²) in [5.41, 5.74) is 4.82. The van der Waals surface area contributed by atoms with Crippen LogP contribution in [0.5, 0.6) is 0 Å². The molecule has 0 fully saturated rings. The second-order valence-corrected chi connectivity index (χ2v) is 4.07. The normalized spacial score (nSPS) is 14.7. The van der Waals surface area contributed by atoms with E-state index in [0.29, 0.717) is 15.6 Å². The van der Waals surface area contributed by atoms with Crippen molar-refractivity contribution < 1.29 is 9.90 Å². The van der Waals surface area contributed by atoms with Crippen molar-refractivity contribution in [2.24, 2.45) is 5.73 Å². The Bertz CT molecular complexity index is 395. The first-order chi connectivity index (χ1) is 6.91. The van der Waals surface area contributed by atoms with Crippen molar-refractivity contribution >= 4 is 29.2 Å². The van der Waals surface area contributed by atoms with Gasteiger partial charge < -0.3 is 10.8 Å². The number of hydrogen-bond acceptors (Lipinski definition) is 2. The van der Waals surface area contributed by atoms with E-state index in [1.165, 1.54) is 6.07 Å². The molecule has 0 saturated heterocycles. The highest BCUT2D eigenvalue weighted by Crippen LogP contribution is 2.29. The number of hydrogen-bond donors (Lipinski definition) is 2. The summed E-state index contributed by atoms with van der Waals surface area (Å²) in [6, 6.07) is 4.60. The van der Waals surface area contributed by atoms with Crippen molar-refractivity contribution in [3.63, 3.8) is 0 Å². The van der Waals surface area contributed by atoms with Gasteiger partial charge in [0.15, 0.2) is 0 Å². The molecule has 0 aromatic heterocycles. The molecule has 1 rings (SSSR count). The van der Waals surface area contributed by atoms with Crippen LogP contribution in [0.1, 0.15) is 18.9 Å². The Morgan fingerprint density at radius 3 is 2.47 bits per heavy atom. The largest absolute Gasteiger partial charge is 0.480 e. The predicted octanol–water partition coefficient (Wildman–Crippen LogP) is 2.64. The van der Waals surface area contributed by atoms with Crippen LogP contribution in [0.25, 0.3) is 0 Å². The van der Waals surface area contributed by atoms with Crippen molar-refractivity contribution in [2.75, 3.05) is 0 Å². The average Bonchev–Trinajstić information content (AvgIpc) is 2.20. The Morgan fingerprint density at radius 1 is 1.47 bits per heavy atom. The molecule has 15 heavy (non-hydrogen) atoms. The molecule has 0 aliphatic rings. The van der Waals surface area contributed by atoms with Crippen molar-refractivity contribution in [1.82, 2.24) is 0 Å². The summed E-state index contributed by atoms with van der Waals surface area (Å²) in [6.07, 6.45) is 0.278. The van der Waals surface area contributed by atoms with Crippen molar-refractivity contribution in [3.05, 3.63) is 33.8 Å². The van der Waals surface area contributed by atoms with Gasteiger partial charge in [-0.25, -0.2) is 4.79 Å². The van der Waals surface area contributed by atoms with Crippen LogP contribution in [-0.4, -0.2) is 11.1 Å². The molecule has 0 aliphatic carbocycles. The lowest BCUT2D eigenvalue weighted by atomic mass is 9.88. The zero-order valence-corrected chi connectivity index (χ0v) is 9.64. The smallest absolute Gasteiger partial charge is 0.328 e. The maximum Gasteiger partial charge on any atom is 0.328 e. The van der Waals surface area contributed by atoms with Crippen LogP contribution >= 0.6 is 23.2 Å². The summed E-state index contributed by atoms with van der Waals surface area (Å²) in [5.74, 6) is -1.08. The third kappa shape index (κ3) is 2.25. The number of nitrogens with two attached hydrogens (primary N) is 1. The van der Waals surface area contributed by atoms with Gasteiger partial charge in [-0.15, -0.1) is 0 Å². The van der Waals surface area contributed by atoms with Gasteiger partial charge in [0.2, 0.25) is 0 Å². The number of rotatable bonds is 3. The lowest BCUT2D eigenvalue weighted by Gasteiger charge is -2.23. The minimum Gasteiger partial charge on any atom is -0.480 e. The van der Waals surface area contributed by atoms with Gasteiger partial charge in [0.1, 0.15) is 5.54 Å². The van der Waals surface area contributed by atoms with Crippen LogP contribution in [0.15, 0.2) is 18.2 Å². The Labute approximate surface area is 97.8 Å². The molecule has 3 N–H and O–H groups in total. The first kappa shape index (κ1) is 12.3. The molecule has 0 heterocycles.